The molecule has 0 bridgehead atoms. The summed E-state index contributed by atoms with van der Waals surface area (Å²) in [6, 6.07) is 0. The highest BCUT2D eigenvalue weighted by Gasteiger charge is 2.33. The first-order chi connectivity index (χ1) is 7.76. The standard InChI is InChI=1S/C12H21N3O/c1-11-14-6-7-15(11)8-9-16-12(10-13)4-2-3-5-12/h6-7H,2-5,8-10,13H2,1H3. The van der Waals surface area contributed by atoms with Crippen molar-refractivity contribution in [2.75, 3.05) is 13.2 Å². The van der Waals surface area contributed by atoms with E-state index in [1.54, 1.807) is 0 Å². The fourth-order valence-corrected chi connectivity index (χ4v) is 2.43. The molecule has 1 aromatic heterocycles. The van der Waals surface area contributed by atoms with Gasteiger partial charge < -0.3 is 15.0 Å². The Balaban J connectivity index is 1.81. The Bertz CT molecular complexity index is 329. The van der Waals surface area contributed by atoms with Crippen LogP contribution < -0.4 is 5.73 Å². The predicted octanol–water partition coefficient (Wildman–Crippen LogP) is 1.48. The number of rotatable bonds is 5. The van der Waals surface area contributed by atoms with E-state index in [1.165, 1.54) is 12.8 Å². The van der Waals surface area contributed by atoms with Crippen molar-refractivity contribution in [3.63, 3.8) is 0 Å². The third-order valence-corrected chi connectivity index (χ3v) is 3.55. The molecule has 0 aliphatic heterocycles. The molecule has 2 N–H and O–H groups in total. The SMILES string of the molecule is Cc1nccn1CCOC1(CN)CCCC1. The Morgan fingerprint density at radius 1 is 1.50 bits per heavy atom. The number of nitrogens with zero attached hydrogens (tertiary/aromatic N) is 2. The summed E-state index contributed by atoms with van der Waals surface area (Å²) in [6.45, 7) is 4.26. The van der Waals surface area contributed by atoms with Crippen LogP contribution in [-0.2, 0) is 11.3 Å². The highest BCUT2D eigenvalue weighted by molar-refractivity contribution is 4.89. The molecule has 2 rings (SSSR count). The Labute approximate surface area is 96.8 Å². The van der Waals surface area contributed by atoms with Crippen LogP contribution in [0.2, 0.25) is 0 Å². The lowest BCUT2D eigenvalue weighted by atomic mass is 10.0. The quantitative estimate of drug-likeness (QED) is 0.822. The summed E-state index contributed by atoms with van der Waals surface area (Å²) in [4.78, 5) is 4.19. The van der Waals surface area contributed by atoms with Gasteiger partial charge in [-0.05, 0) is 19.8 Å². The number of imidazole rings is 1. The summed E-state index contributed by atoms with van der Waals surface area (Å²) in [5.74, 6) is 1.04. The molecular weight excluding hydrogens is 202 g/mol. The highest BCUT2D eigenvalue weighted by atomic mass is 16.5. The maximum atomic E-state index is 5.99. The molecule has 90 valence electrons. The van der Waals surface area contributed by atoms with Crippen LogP contribution in [0.3, 0.4) is 0 Å². The van der Waals surface area contributed by atoms with Crippen LogP contribution in [0.5, 0.6) is 0 Å². The van der Waals surface area contributed by atoms with Crippen LogP contribution in [0.15, 0.2) is 12.4 Å². The van der Waals surface area contributed by atoms with Gasteiger partial charge in [-0.15, -0.1) is 0 Å². The van der Waals surface area contributed by atoms with Crippen molar-refractivity contribution in [2.24, 2.45) is 5.73 Å². The zero-order valence-corrected chi connectivity index (χ0v) is 9.98. The van der Waals surface area contributed by atoms with Crippen molar-refractivity contribution in [1.82, 2.24) is 9.55 Å². The third kappa shape index (κ3) is 2.44. The van der Waals surface area contributed by atoms with Crippen LogP contribution in [0.25, 0.3) is 0 Å². The molecule has 0 unspecified atom stereocenters. The number of ether oxygens (including phenoxy) is 1. The topological polar surface area (TPSA) is 53.1 Å². The number of hydrogen-bond donors (Lipinski definition) is 1. The Kier molecular flexibility index (Phi) is 3.61. The van der Waals surface area contributed by atoms with E-state index in [0.717, 1.165) is 31.8 Å². The summed E-state index contributed by atoms with van der Waals surface area (Å²) in [5.41, 5.74) is 5.78. The van der Waals surface area contributed by atoms with E-state index in [4.69, 9.17) is 10.5 Å². The molecule has 1 fully saturated rings. The number of aryl methyl sites for hydroxylation is 1. The highest BCUT2D eigenvalue weighted by Crippen LogP contribution is 2.32. The predicted molar refractivity (Wildman–Crippen MR) is 63.2 cm³/mol. The summed E-state index contributed by atoms with van der Waals surface area (Å²) in [7, 11) is 0. The van der Waals surface area contributed by atoms with Gasteiger partial charge in [0.1, 0.15) is 5.82 Å². The van der Waals surface area contributed by atoms with Crippen LogP contribution >= 0.6 is 0 Å². The largest absolute Gasteiger partial charge is 0.372 e. The molecule has 1 aliphatic carbocycles. The third-order valence-electron chi connectivity index (χ3n) is 3.55. The van der Waals surface area contributed by atoms with Gasteiger partial charge in [-0.2, -0.15) is 0 Å². The normalized spacial score (nSPS) is 19.1. The molecule has 1 heterocycles. The van der Waals surface area contributed by atoms with Crippen molar-refractivity contribution < 1.29 is 4.74 Å². The van der Waals surface area contributed by atoms with Gasteiger partial charge in [-0.1, -0.05) is 12.8 Å². The first kappa shape index (κ1) is 11.6. The minimum absolute atomic E-state index is 0.0332. The van der Waals surface area contributed by atoms with Gasteiger partial charge in [0, 0.05) is 25.5 Å². The Morgan fingerprint density at radius 2 is 2.25 bits per heavy atom. The molecule has 1 aliphatic rings. The van der Waals surface area contributed by atoms with Crippen molar-refractivity contribution in [2.45, 2.75) is 44.8 Å². The van der Waals surface area contributed by atoms with Gasteiger partial charge in [0.25, 0.3) is 0 Å². The molecule has 0 aromatic carbocycles. The molecule has 0 radical (unpaired) electrons. The van der Waals surface area contributed by atoms with Crippen molar-refractivity contribution in [3.8, 4) is 0 Å². The molecule has 1 aromatic rings. The van der Waals surface area contributed by atoms with Crippen LogP contribution in [-0.4, -0.2) is 28.3 Å². The second-order valence-corrected chi connectivity index (χ2v) is 4.61. The average Bonchev–Trinajstić information content (AvgIpc) is 2.90. The average molecular weight is 223 g/mol. The van der Waals surface area contributed by atoms with E-state index >= 15 is 0 Å². The molecule has 0 amide bonds. The van der Waals surface area contributed by atoms with Gasteiger partial charge in [0.05, 0.1) is 12.2 Å². The second kappa shape index (κ2) is 4.97. The van der Waals surface area contributed by atoms with E-state index < -0.39 is 0 Å². The summed E-state index contributed by atoms with van der Waals surface area (Å²) in [5, 5.41) is 0. The summed E-state index contributed by atoms with van der Waals surface area (Å²) < 4.78 is 8.10. The first-order valence-electron chi connectivity index (χ1n) is 6.07. The van der Waals surface area contributed by atoms with Gasteiger partial charge in [0.15, 0.2) is 0 Å². The van der Waals surface area contributed by atoms with E-state index in [1.807, 2.05) is 19.3 Å². The Hall–Kier alpha value is -0.870. The van der Waals surface area contributed by atoms with Gasteiger partial charge in [-0.25, -0.2) is 4.98 Å². The fraction of sp³-hybridized carbons (Fsp3) is 0.750. The molecular formula is C12H21N3O. The molecule has 1 saturated carbocycles. The minimum Gasteiger partial charge on any atom is -0.372 e. The Morgan fingerprint density at radius 3 is 2.81 bits per heavy atom. The van der Waals surface area contributed by atoms with Crippen LogP contribution in [0.4, 0.5) is 0 Å². The lowest BCUT2D eigenvalue weighted by molar-refractivity contribution is -0.0370. The van der Waals surface area contributed by atoms with Crippen LogP contribution in [0, 0.1) is 6.92 Å². The molecule has 4 heteroatoms. The second-order valence-electron chi connectivity index (χ2n) is 4.61. The minimum atomic E-state index is -0.0332. The zero-order chi connectivity index (χ0) is 11.4. The summed E-state index contributed by atoms with van der Waals surface area (Å²) >= 11 is 0. The zero-order valence-electron chi connectivity index (χ0n) is 9.98. The number of hydrogen-bond acceptors (Lipinski definition) is 3. The lowest BCUT2D eigenvalue weighted by Gasteiger charge is -2.27. The maximum absolute atomic E-state index is 5.99. The van der Waals surface area contributed by atoms with Crippen LogP contribution in [0.1, 0.15) is 31.5 Å². The van der Waals surface area contributed by atoms with Gasteiger partial charge in [0.2, 0.25) is 0 Å². The smallest absolute Gasteiger partial charge is 0.105 e. The molecule has 16 heavy (non-hydrogen) atoms. The van der Waals surface area contributed by atoms with E-state index in [9.17, 15) is 0 Å². The lowest BCUT2D eigenvalue weighted by Crippen LogP contribution is -2.38. The molecule has 0 saturated heterocycles. The molecule has 0 atom stereocenters. The summed E-state index contributed by atoms with van der Waals surface area (Å²) in [6.07, 6.45) is 8.55. The van der Waals surface area contributed by atoms with Crippen molar-refractivity contribution in [1.29, 1.82) is 0 Å². The van der Waals surface area contributed by atoms with Crippen molar-refractivity contribution in [3.05, 3.63) is 18.2 Å². The maximum Gasteiger partial charge on any atom is 0.105 e. The van der Waals surface area contributed by atoms with E-state index in [-0.39, 0.29) is 5.60 Å². The van der Waals surface area contributed by atoms with Gasteiger partial charge in [-0.3, -0.25) is 0 Å². The first-order valence-corrected chi connectivity index (χ1v) is 6.07. The monoisotopic (exact) mass is 223 g/mol. The fourth-order valence-electron chi connectivity index (χ4n) is 2.43. The molecule has 4 nitrogen and oxygen atoms in total. The van der Waals surface area contributed by atoms with Gasteiger partial charge >= 0.3 is 0 Å². The van der Waals surface area contributed by atoms with E-state index in [0.29, 0.717) is 6.54 Å². The van der Waals surface area contributed by atoms with E-state index in [2.05, 4.69) is 9.55 Å². The van der Waals surface area contributed by atoms with Crippen molar-refractivity contribution >= 4 is 0 Å². The number of nitrogens with two attached hydrogens (primary N) is 1. The molecule has 0 spiro atoms. The number of aromatic nitrogens is 2.